The van der Waals surface area contributed by atoms with Gasteiger partial charge >= 0.3 is 0 Å². The molecule has 2 heteroatoms. The fraction of sp³-hybridized carbons (Fsp3) is 0.381. The number of benzene rings is 2. The second-order valence-electron chi connectivity index (χ2n) is 7.34. The molecule has 0 amide bonds. The number of para-hydroxylation sites is 1. The predicted molar refractivity (Wildman–Crippen MR) is 100 cm³/mol. The van der Waals surface area contributed by atoms with Crippen molar-refractivity contribution in [3.8, 4) is 0 Å². The minimum absolute atomic E-state index is 0.211. The molecule has 1 aliphatic rings. The molecule has 0 spiro atoms. The van der Waals surface area contributed by atoms with E-state index in [1.54, 1.807) is 0 Å². The molecule has 0 aliphatic carbocycles. The van der Waals surface area contributed by atoms with Crippen molar-refractivity contribution < 1.29 is 0 Å². The van der Waals surface area contributed by atoms with Crippen LogP contribution in [0.1, 0.15) is 49.8 Å². The van der Waals surface area contributed by atoms with Gasteiger partial charge in [0, 0.05) is 24.5 Å². The number of anilines is 1. The molecule has 0 saturated heterocycles. The SMILES string of the molecule is Cc1ccccc1N=Cc1ccc2c(c1)C(C)CC(C)(C)N2C. The molecule has 1 atom stereocenters. The van der Waals surface area contributed by atoms with Crippen LogP contribution < -0.4 is 4.90 Å². The molecule has 3 rings (SSSR count). The molecule has 0 fully saturated rings. The Balaban J connectivity index is 1.93. The molecule has 0 aromatic heterocycles. The maximum Gasteiger partial charge on any atom is 0.0659 e. The Bertz CT molecular complexity index is 743. The second kappa shape index (κ2) is 5.84. The minimum Gasteiger partial charge on any atom is -0.369 e. The summed E-state index contributed by atoms with van der Waals surface area (Å²) in [6.45, 7) is 9.06. The summed E-state index contributed by atoms with van der Waals surface area (Å²) in [5.74, 6) is 0.572. The first kappa shape index (κ1) is 15.8. The van der Waals surface area contributed by atoms with E-state index in [0.717, 1.165) is 5.69 Å². The fourth-order valence-corrected chi connectivity index (χ4v) is 3.53. The van der Waals surface area contributed by atoms with E-state index in [-0.39, 0.29) is 5.54 Å². The molecular formula is C21H26N2. The lowest BCUT2D eigenvalue weighted by Gasteiger charge is -2.45. The molecule has 0 N–H and O–H groups in total. The fourth-order valence-electron chi connectivity index (χ4n) is 3.53. The van der Waals surface area contributed by atoms with Crippen LogP contribution in [0.4, 0.5) is 11.4 Å². The topological polar surface area (TPSA) is 15.6 Å². The molecular weight excluding hydrogens is 280 g/mol. The average molecular weight is 306 g/mol. The lowest BCUT2D eigenvalue weighted by atomic mass is 9.80. The van der Waals surface area contributed by atoms with Gasteiger partial charge in [0.2, 0.25) is 0 Å². The molecule has 1 aliphatic heterocycles. The highest BCUT2D eigenvalue weighted by molar-refractivity contribution is 5.84. The molecule has 0 saturated carbocycles. The summed E-state index contributed by atoms with van der Waals surface area (Å²) >= 11 is 0. The third-order valence-corrected chi connectivity index (χ3v) is 5.13. The molecule has 23 heavy (non-hydrogen) atoms. The van der Waals surface area contributed by atoms with Crippen LogP contribution in [0.5, 0.6) is 0 Å². The lowest BCUT2D eigenvalue weighted by Crippen LogP contribution is -2.45. The van der Waals surface area contributed by atoms with Gasteiger partial charge in [-0.05, 0) is 68.0 Å². The van der Waals surface area contributed by atoms with Gasteiger partial charge in [0.25, 0.3) is 0 Å². The summed E-state index contributed by atoms with van der Waals surface area (Å²) in [4.78, 5) is 7.07. The summed E-state index contributed by atoms with van der Waals surface area (Å²) in [5, 5.41) is 0. The van der Waals surface area contributed by atoms with Crippen LogP contribution in [0.2, 0.25) is 0 Å². The number of aryl methyl sites for hydroxylation is 1. The standard InChI is InChI=1S/C21H26N2/c1-15-8-6-7-9-19(15)22-14-17-10-11-20-18(12-17)16(2)13-21(3,4)23(20)5/h6-12,14,16H,13H2,1-5H3. The van der Waals surface area contributed by atoms with Crippen LogP contribution in [-0.2, 0) is 0 Å². The van der Waals surface area contributed by atoms with E-state index >= 15 is 0 Å². The highest BCUT2D eigenvalue weighted by atomic mass is 15.2. The van der Waals surface area contributed by atoms with E-state index < -0.39 is 0 Å². The van der Waals surface area contributed by atoms with Gasteiger partial charge < -0.3 is 4.90 Å². The normalized spacial score (nSPS) is 19.9. The largest absolute Gasteiger partial charge is 0.369 e. The first-order valence-electron chi connectivity index (χ1n) is 8.36. The third-order valence-electron chi connectivity index (χ3n) is 5.13. The van der Waals surface area contributed by atoms with Crippen molar-refractivity contribution >= 4 is 17.6 Å². The van der Waals surface area contributed by atoms with Crippen LogP contribution in [0.15, 0.2) is 47.5 Å². The Labute approximate surface area is 139 Å². The predicted octanol–water partition coefficient (Wildman–Crippen LogP) is 5.47. The number of aliphatic imine (C=N–C) groups is 1. The quantitative estimate of drug-likeness (QED) is 0.672. The first-order chi connectivity index (χ1) is 10.9. The van der Waals surface area contributed by atoms with E-state index in [1.165, 1.54) is 28.8 Å². The molecule has 0 radical (unpaired) electrons. The summed E-state index contributed by atoms with van der Waals surface area (Å²) in [6, 6.07) is 14.9. The molecule has 2 aromatic rings. The maximum atomic E-state index is 4.66. The van der Waals surface area contributed by atoms with E-state index in [4.69, 9.17) is 0 Å². The molecule has 0 bridgehead atoms. The number of nitrogens with zero attached hydrogens (tertiary/aromatic N) is 2. The average Bonchev–Trinajstić information content (AvgIpc) is 2.51. The molecule has 1 unspecified atom stereocenters. The monoisotopic (exact) mass is 306 g/mol. The van der Waals surface area contributed by atoms with Crippen LogP contribution in [0.25, 0.3) is 0 Å². The van der Waals surface area contributed by atoms with Gasteiger partial charge in [-0.2, -0.15) is 0 Å². The molecule has 1 heterocycles. The number of rotatable bonds is 2. The van der Waals surface area contributed by atoms with Gasteiger partial charge in [0.05, 0.1) is 5.69 Å². The zero-order valence-electron chi connectivity index (χ0n) is 14.8. The molecule has 120 valence electrons. The van der Waals surface area contributed by atoms with Crippen LogP contribution >= 0.6 is 0 Å². The van der Waals surface area contributed by atoms with E-state index in [0.29, 0.717) is 5.92 Å². The molecule has 2 nitrogen and oxygen atoms in total. The Morgan fingerprint density at radius 3 is 2.65 bits per heavy atom. The molecule has 2 aromatic carbocycles. The smallest absolute Gasteiger partial charge is 0.0659 e. The van der Waals surface area contributed by atoms with Gasteiger partial charge in [-0.25, -0.2) is 0 Å². The summed E-state index contributed by atoms with van der Waals surface area (Å²) in [7, 11) is 2.20. The van der Waals surface area contributed by atoms with Gasteiger partial charge in [0.1, 0.15) is 0 Å². The highest BCUT2D eigenvalue weighted by Gasteiger charge is 2.33. The van der Waals surface area contributed by atoms with Gasteiger partial charge in [-0.1, -0.05) is 31.2 Å². The zero-order valence-corrected chi connectivity index (χ0v) is 14.8. The highest BCUT2D eigenvalue weighted by Crippen LogP contribution is 2.42. The minimum atomic E-state index is 0.211. The second-order valence-corrected chi connectivity index (χ2v) is 7.34. The maximum absolute atomic E-state index is 4.66. The van der Waals surface area contributed by atoms with Crippen molar-refractivity contribution in [1.82, 2.24) is 0 Å². The summed E-state index contributed by atoms with van der Waals surface area (Å²) < 4.78 is 0. The summed E-state index contributed by atoms with van der Waals surface area (Å²) in [6.07, 6.45) is 3.16. The Morgan fingerprint density at radius 1 is 1.17 bits per heavy atom. The Kier molecular flexibility index (Phi) is 4.01. The van der Waals surface area contributed by atoms with Crippen molar-refractivity contribution in [3.63, 3.8) is 0 Å². The van der Waals surface area contributed by atoms with Crippen LogP contribution in [0, 0.1) is 6.92 Å². The summed E-state index contributed by atoms with van der Waals surface area (Å²) in [5.41, 5.74) is 6.41. The van der Waals surface area contributed by atoms with Crippen molar-refractivity contribution in [2.24, 2.45) is 4.99 Å². The van der Waals surface area contributed by atoms with E-state index in [1.807, 2.05) is 18.3 Å². The van der Waals surface area contributed by atoms with Crippen LogP contribution in [0.3, 0.4) is 0 Å². The van der Waals surface area contributed by atoms with E-state index in [9.17, 15) is 0 Å². The third kappa shape index (κ3) is 3.03. The van der Waals surface area contributed by atoms with Crippen molar-refractivity contribution in [1.29, 1.82) is 0 Å². The van der Waals surface area contributed by atoms with Crippen LogP contribution in [-0.4, -0.2) is 18.8 Å². The Hall–Kier alpha value is -2.09. The first-order valence-corrected chi connectivity index (χ1v) is 8.36. The van der Waals surface area contributed by atoms with E-state index in [2.05, 4.69) is 75.0 Å². The van der Waals surface area contributed by atoms with Crippen molar-refractivity contribution in [2.75, 3.05) is 11.9 Å². The van der Waals surface area contributed by atoms with Gasteiger partial charge in [-0.15, -0.1) is 0 Å². The number of hydrogen-bond donors (Lipinski definition) is 0. The Morgan fingerprint density at radius 2 is 1.91 bits per heavy atom. The number of fused-ring (bicyclic) bond motifs is 1. The van der Waals surface area contributed by atoms with Crippen molar-refractivity contribution in [2.45, 2.75) is 45.6 Å². The lowest BCUT2D eigenvalue weighted by molar-refractivity contribution is 0.395. The van der Waals surface area contributed by atoms with Gasteiger partial charge in [-0.3, -0.25) is 4.99 Å². The zero-order chi connectivity index (χ0) is 16.6. The van der Waals surface area contributed by atoms with Gasteiger partial charge in [0.15, 0.2) is 0 Å². The number of hydrogen-bond acceptors (Lipinski definition) is 2. The van der Waals surface area contributed by atoms with Crippen molar-refractivity contribution in [3.05, 3.63) is 59.2 Å².